The minimum Gasteiger partial charge on any atom is -0.315 e. The highest BCUT2D eigenvalue weighted by atomic mass is 32.2. The van der Waals surface area contributed by atoms with E-state index in [-0.39, 0.29) is 5.25 Å². The molecule has 1 heterocycles. The fraction of sp³-hybridized carbons (Fsp3) is 1.00. The van der Waals surface area contributed by atoms with Crippen LogP contribution < -0.4 is 5.32 Å². The molecule has 1 aliphatic rings. The highest BCUT2D eigenvalue weighted by Crippen LogP contribution is 2.18. The van der Waals surface area contributed by atoms with Crippen LogP contribution in [0.3, 0.4) is 0 Å². The first-order valence-electron chi connectivity index (χ1n) is 6.72. The van der Waals surface area contributed by atoms with Crippen molar-refractivity contribution in [1.29, 1.82) is 0 Å². The Balaban J connectivity index is 2.70. The second-order valence-corrected chi connectivity index (χ2v) is 7.19. The van der Waals surface area contributed by atoms with E-state index in [9.17, 15) is 8.42 Å². The summed E-state index contributed by atoms with van der Waals surface area (Å²) in [5.41, 5.74) is 0. The minimum atomic E-state index is -3.11. The van der Waals surface area contributed by atoms with Crippen LogP contribution in [0.2, 0.25) is 0 Å². The van der Waals surface area contributed by atoms with E-state index in [2.05, 4.69) is 19.2 Å². The van der Waals surface area contributed by atoms with Gasteiger partial charge >= 0.3 is 0 Å². The molecular formula is C12H26N2O2S. The first kappa shape index (κ1) is 14.9. The van der Waals surface area contributed by atoms with Crippen LogP contribution in [-0.2, 0) is 10.0 Å². The maximum Gasteiger partial charge on any atom is 0.218 e. The van der Waals surface area contributed by atoms with Crippen LogP contribution in [0.15, 0.2) is 0 Å². The summed E-state index contributed by atoms with van der Waals surface area (Å²) in [5.74, 6) is 0.432. The average molecular weight is 262 g/mol. The number of sulfonamides is 1. The van der Waals surface area contributed by atoms with Gasteiger partial charge in [0.25, 0.3) is 0 Å². The predicted octanol–water partition coefficient (Wildman–Crippen LogP) is 1.44. The third-order valence-electron chi connectivity index (χ3n) is 3.60. The van der Waals surface area contributed by atoms with Crippen LogP contribution in [0.1, 0.15) is 40.0 Å². The Hall–Kier alpha value is -0.130. The molecule has 1 N–H and O–H groups in total. The highest BCUT2D eigenvalue weighted by Gasteiger charge is 2.32. The van der Waals surface area contributed by atoms with Gasteiger partial charge in [-0.1, -0.05) is 27.2 Å². The van der Waals surface area contributed by atoms with E-state index >= 15 is 0 Å². The Kier molecular flexibility index (Phi) is 5.89. The van der Waals surface area contributed by atoms with Gasteiger partial charge in [-0.2, -0.15) is 0 Å². The van der Waals surface area contributed by atoms with Gasteiger partial charge in [0.15, 0.2) is 0 Å². The van der Waals surface area contributed by atoms with Crippen LogP contribution in [0.4, 0.5) is 0 Å². The summed E-state index contributed by atoms with van der Waals surface area (Å²) < 4.78 is 26.6. The van der Waals surface area contributed by atoms with Gasteiger partial charge in [0, 0.05) is 19.6 Å². The number of piperidine rings is 1. The van der Waals surface area contributed by atoms with Gasteiger partial charge in [0.1, 0.15) is 0 Å². The van der Waals surface area contributed by atoms with Gasteiger partial charge < -0.3 is 5.32 Å². The lowest BCUT2D eigenvalue weighted by Crippen LogP contribution is -2.47. The lowest BCUT2D eigenvalue weighted by molar-refractivity contribution is 0.350. The molecule has 0 radical (unpaired) electrons. The molecule has 0 spiro atoms. The quantitative estimate of drug-likeness (QED) is 0.788. The summed E-state index contributed by atoms with van der Waals surface area (Å²) in [7, 11) is -3.11. The van der Waals surface area contributed by atoms with E-state index in [1.54, 1.807) is 4.31 Å². The maximum atomic E-state index is 12.5. The molecule has 1 aliphatic heterocycles. The Bertz CT molecular complexity index is 310. The number of nitrogens with zero attached hydrogens (tertiary/aromatic N) is 1. The molecule has 0 bridgehead atoms. The molecule has 0 saturated carbocycles. The summed E-state index contributed by atoms with van der Waals surface area (Å²) in [6.07, 6.45) is 2.78. The molecule has 1 fully saturated rings. The van der Waals surface area contributed by atoms with Crippen molar-refractivity contribution in [2.24, 2.45) is 5.92 Å². The fourth-order valence-corrected chi connectivity index (χ4v) is 4.21. The third-order valence-corrected chi connectivity index (χ3v) is 5.97. The molecule has 17 heavy (non-hydrogen) atoms. The molecule has 0 amide bonds. The van der Waals surface area contributed by atoms with Gasteiger partial charge in [0.2, 0.25) is 10.0 Å². The average Bonchev–Trinajstić information content (AvgIpc) is 2.36. The normalized spacial score (nSPS) is 23.9. The topological polar surface area (TPSA) is 49.4 Å². The second-order valence-electron chi connectivity index (χ2n) is 4.98. The molecule has 4 nitrogen and oxygen atoms in total. The Morgan fingerprint density at radius 2 is 2.12 bits per heavy atom. The first-order chi connectivity index (χ1) is 8.02. The number of hydrogen-bond acceptors (Lipinski definition) is 3. The Morgan fingerprint density at radius 1 is 1.41 bits per heavy atom. The van der Waals surface area contributed by atoms with Crippen molar-refractivity contribution >= 4 is 10.0 Å². The smallest absolute Gasteiger partial charge is 0.218 e. The molecular weight excluding hydrogens is 236 g/mol. The summed E-state index contributed by atoms with van der Waals surface area (Å²) in [6, 6.07) is 0. The van der Waals surface area contributed by atoms with Crippen molar-refractivity contribution in [1.82, 2.24) is 9.62 Å². The molecule has 1 saturated heterocycles. The van der Waals surface area contributed by atoms with Gasteiger partial charge in [-0.25, -0.2) is 12.7 Å². The van der Waals surface area contributed by atoms with Crippen molar-refractivity contribution in [3.05, 3.63) is 0 Å². The molecule has 5 heteroatoms. The van der Waals surface area contributed by atoms with Crippen molar-refractivity contribution in [3.8, 4) is 0 Å². The van der Waals surface area contributed by atoms with Crippen molar-refractivity contribution in [3.63, 3.8) is 0 Å². The second kappa shape index (κ2) is 6.71. The number of rotatable bonds is 6. The molecule has 102 valence electrons. The van der Waals surface area contributed by atoms with Crippen LogP contribution in [0.5, 0.6) is 0 Å². The SMILES string of the molecule is CCC(C)CN(CC)S(=O)(=O)C1CCCNC1. The molecule has 0 aromatic carbocycles. The molecule has 2 atom stereocenters. The summed E-state index contributed by atoms with van der Waals surface area (Å²) in [4.78, 5) is 0. The minimum absolute atomic E-state index is 0.222. The van der Waals surface area contributed by atoms with Crippen molar-refractivity contribution in [2.45, 2.75) is 45.3 Å². The van der Waals surface area contributed by atoms with Gasteiger partial charge in [-0.05, 0) is 25.3 Å². The fourth-order valence-electron chi connectivity index (χ4n) is 2.17. The van der Waals surface area contributed by atoms with Gasteiger partial charge in [0.05, 0.1) is 5.25 Å². The zero-order valence-corrected chi connectivity index (χ0v) is 12.1. The molecule has 0 aromatic heterocycles. The first-order valence-corrected chi connectivity index (χ1v) is 8.22. The van der Waals surface area contributed by atoms with Crippen LogP contribution in [0, 0.1) is 5.92 Å². The van der Waals surface area contributed by atoms with Crippen molar-refractivity contribution < 1.29 is 8.42 Å². The zero-order chi connectivity index (χ0) is 12.9. The zero-order valence-electron chi connectivity index (χ0n) is 11.3. The third kappa shape index (κ3) is 3.93. The standard InChI is InChI=1S/C12H26N2O2S/c1-4-11(3)10-14(5-2)17(15,16)12-7-6-8-13-9-12/h11-13H,4-10H2,1-3H3. The van der Waals surface area contributed by atoms with Crippen LogP contribution in [-0.4, -0.2) is 44.2 Å². The summed E-state index contributed by atoms with van der Waals surface area (Å²) in [6.45, 7) is 8.94. The molecule has 1 rings (SSSR count). The lowest BCUT2D eigenvalue weighted by Gasteiger charge is -2.30. The van der Waals surface area contributed by atoms with E-state index in [4.69, 9.17) is 0 Å². The van der Waals surface area contributed by atoms with E-state index in [1.165, 1.54) is 0 Å². The van der Waals surface area contributed by atoms with Gasteiger partial charge in [-0.3, -0.25) is 0 Å². The van der Waals surface area contributed by atoms with Gasteiger partial charge in [-0.15, -0.1) is 0 Å². The van der Waals surface area contributed by atoms with Crippen LogP contribution in [0.25, 0.3) is 0 Å². The molecule has 0 aliphatic carbocycles. The Morgan fingerprint density at radius 3 is 2.59 bits per heavy atom. The largest absolute Gasteiger partial charge is 0.315 e. The van der Waals surface area contributed by atoms with Crippen molar-refractivity contribution in [2.75, 3.05) is 26.2 Å². The van der Waals surface area contributed by atoms with E-state index in [1.807, 2.05) is 6.92 Å². The Labute approximate surface area is 106 Å². The van der Waals surface area contributed by atoms with E-state index in [0.29, 0.717) is 25.6 Å². The number of nitrogens with one attached hydrogen (secondary N) is 1. The molecule has 0 aromatic rings. The maximum absolute atomic E-state index is 12.5. The lowest BCUT2D eigenvalue weighted by atomic mass is 10.1. The van der Waals surface area contributed by atoms with E-state index in [0.717, 1.165) is 25.8 Å². The summed E-state index contributed by atoms with van der Waals surface area (Å²) in [5, 5.41) is 2.96. The van der Waals surface area contributed by atoms with Crippen LogP contribution >= 0.6 is 0 Å². The van der Waals surface area contributed by atoms with E-state index < -0.39 is 10.0 Å². The molecule has 2 unspecified atom stereocenters. The number of hydrogen-bond donors (Lipinski definition) is 1. The summed E-state index contributed by atoms with van der Waals surface area (Å²) >= 11 is 0. The monoisotopic (exact) mass is 262 g/mol. The predicted molar refractivity (Wildman–Crippen MR) is 71.5 cm³/mol. The highest BCUT2D eigenvalue weighted by molar-refractivity contribution is 7.89.